The van der Waals surface area contributed by atoms with Crippen LogP contribution in [0.25, 0.3) is 11.5 Å². The first kappa shape index (κ1) is 23.4. The van der Waals surface area contributed by atoms with Gasteiger partial charge in [-0.15, -0.1) is 10.2 Å². The average Bonchev–Trinajstić information content (AvgIpc) is 3.27. The van der Waals surface area contributed by atoms with E-state index in [4.69, 9.17) is 9.15 Å². The maximum absolute atomic E-state index is 12.2. The van der Waals surface area contributed by atoms with Gasteiger partial charge in [-0.1, -0.05) is 11.8 Å². The van der Waals surface area contributed by atoms with Crippen molar-refractivity contribution in [1.82, 2.24) is 19.8 Å². The zero-order chi connectivity index (χ0) is 23.3. The molecular weight excluding hydrogens is 456 g/mol. The number of thioether (sulfide) groups is 1. The van der Waals surface area contributed by atoms with Crippen LogP contribution in [-0.2, 0) is 14.8 Å². The summed E-state index contributed by atoms with van der Waals surface area (Å²) in [6, 6.07) is 12.3. The van der Waals surface area contributed by atoms with Gasteiger partial charge in [0.05, 0.1) is 17.8 Å². The lowest BCUT2D eigenvalue weighted by atomic mass is 10.2. The summed E-state index contributed by atoms with van der Waals surface area (Å²) in [6.45, 7) is 0. The number of sulfonamides is 1. The Morgan fingerprint density at radius 2 is 1.72 bits per heavy atom. The number of benzene rings is 2. The SMILES string of the molecule is COc1ccc(-c2nnc(SCC(=O)NC(=O)c3ccc(S(=O)(=O)N(C)C)cc3)o2)cc1. The molecule has 12 heteroatoms. The first-order chi connectivity index (χ1) is 15.2. The molecule has 32 heavy (non-hydrogen) atoms. The Morgan fingerprint density at radius 1 is 1.06 bits per heavy atom. The summed E-state index contributed by atoms with van der Waals surface area (Å²) in [5.74, 6) is -0.344. The summed E-state index contributed by atoms with van der Waals surface area (Å²) in [5, 5.41) is 10.2. The normalized spacial score (nSPS) is 11.4. The number of carbonyl (C=O) groups is 2. The van der Waals surface area contributed by atoms with Crippen LogP contribution in [0.5, 0.6) is 5.75 Å². The largest absolute Gasteiger partial charge is 0.497 e. The molecule has 168 valence electrons. The van der Waals surface area contributed by atoms with Crippen molar-refractivity contribution in [2.45, 2.75) is 10.1 Å². The molecular formula is C20H20N4O6S2. The number of hydrogen-bond acceptors (Lipinski definition) is 9. The Bertz CT molecular complexity index is 1210. The summed E-state index contributed by atoms with van der Waals surface area (Å²) in [7, 11) is 0.789. The van der Waals surface area contributed by atoms with Gasteiger partial charge in [0, 0.05) is 25.2 Å². The number of rotatable bonds is 8. The van der Waals surface area contributed by atoms with Crippen molar-refractivity contribution in [3.05, 3.63) is 54.1 Å². The molecule has 1 aromatic heterocycles. The van der Waals surface area contributed by atoms with E-state index in [0.29, 0.717) is 17.2 Å². The molecule has 3 aromatic rings. The van der Waals surface area contributed by atoms with Crippen molar-refractivity contribution < 1.29 is 27.2 Å². The Labute approximate surface area is 189 Å². The number of imide groups is 1. The maximum atomic E-state index is 12.2. The van der Waals surface area contributed by atoms with E-state index in [-0.39, 0.29) is 21.4 Å². The second kappa shape index (κ2) is 9.94. The number of nitrogens with one attached hydrogen (secondary N) is 1. The van der Waals surface area contributed by atoms with E-state index in [9.17, 15) is 18.0 Å². The maximum Gasteiger partial charge on any atom is 0.277 e. The molecule has 0 fully saturated rings. The minimum Gasteiger partial charge on any atom is -0.497 e. The second-order valence-electron chi connectivity index (χ2n) is 6.58. The van der Waals surface area contributed by atoms with Crippen LogP contribution in [-0.4, -0.2) is 61.7 Å². The van der Waals surface area contributed by atoms with E-state index in [2.05, 4.69) is 15.5 Å². The molecule has 2 aromatic carbocycles. The lowest BCUT2D eigenvalue weighted by Crippen LogP contribution is -2.31. The quantitative estimate of drug-likeness (QED) is 0.485. The zero-order valence-corrected chi connectivity index (χ0v) is 19.1. The van der Waals surface area contributed by atoms with Gasteiger partial charge in [-0.25, -0.2) is 12.7 Å². The van der Waals surface area contributed by atoms with Crippen LogP contribution in [0.4, 0.5) is 0 Å². The van der Waals surface area contributed by atoms with Crippen molar-refractivity contribution in [2.24, 2.45) is 0 Å². The van der Waals surface area contributed by atoms with Gasteiger partial charge in [-0.05, 0) is 48.5 Å². The average molecular weight is 477 g/mol. The molecule has 0 saturated heterocycles. The molecule has 2 amide bonds. The van der Waals surface area contributed by atoms with Crippen molar-refractivity contribution in [3.8, 4) is 17.2 Å². The van der Waals surface area contributed by atoms with Crippen LogP contribution < -0.4 is 10.1 Å². The van der Waals surface area contributed by atoms with Crippen LogP contribution in [0.1, 0.15) is 10.4 Å². The zero-order valence-electron chi connectivity index (χ0n) is 17.4. The third-order valence-corrected chi connectivity index (χ3v) is 6.87. The molecule has 10 nitrogen and oxygen atoms in total. The van der Waals surface area contributed by atoms with E-state index in [1.165, 1.54) is 38.4 Å². The van der Waals surface area contributed by atoms with E-state index in [1.54, 1.807) is 31.4 Å². The summed E-state index contributed by atoms with van der Waals surface area (Å²) in [4.78, 5) is 24.4. The van der Waals surface area contributed by atoms with E-state index in [0.717, 1.165) is 16.1 Å². The Morgan fingerprint density at radius 3 is 2.31 bits per heavy atom. The van der Waals surface area contributed by atoms with Gasteiger partial charge in [0.15, 0.2) is 0 Å². The number of carbonyl (C=O) groups excluding carboxylic acids is 2. The third kappa shape index (κ3) is 5.52. The van der Waals surface area contributed by atoms with Gasteiger partial charge in [0.1, 0.15) is 5.75 Å². The number of ether oxygens (including phenoxy) is 1. The Hall–Kier alpha value is -3.22. The minimum absolute atomic E-state index is 0.0463. The molecule has 1 N–H and O–H groups in total. The monoisotopic (exact) mass is 476 g/mol. The first-order valence-corrected chi connectivity index (χ1v) is 11.6. The van der Waals surface area contributed by atoms with Gasteiger partial charge in [-0.2, -0.15) is 0 Å². The smallest absolute Gasteiger partial charge is 0.277 e. The lowest BCUT2D eigenvalue weighted by molar-refractivity contribution is -0.117. The minimum atomic E-state index is -3.60. The van der Waals surface area contributed by atoms with Gasteiger partial charge in [0.2, 0.25) is 21.8 Å². The molecule has 0 spiro atoms. The fourth-order valence-corrected chi connectivity index (χ4v) is 3.93. The number of nitrogens with zero attached hydrogens (tertiary/aromatic N) is 3. The first-order valence-electron chi connectivity index (χ1n) is 9.18. The second-order valence-corrected chi connectivity index (χ2v) is 9.66. The standard InChI is InChI=1S/C20H20N4O6S2/c1-24(2)32(27,28)16-10-6-13(7-11-16)18(26)21-17(25)12-31-20-23-22-19(30-20)14-4-8-15(29-3)9-5-14/h4-11H,12H2,1-3H3,(H,21,25,26). The van der Waals surface area contributed by atoms with Crippen LogP contribution in [0.3, 0.4) is 0 Å². The predicted molar refractivity (Wildman–Crippen MR) is 117 cm³/mol. The van der Waals surface area contributed by atoms with Gasteiger partial charge >= 0.3 is 0 Å². The Kier molecular flexibility index (Phi) is 7.28. The Balaban J connectivity index is 1.55. The molecule has 1 heterocycles. The fourth-order valence-electron chi connectivity index (χ4n) is 2.47. The molecule has 0 radical (unpaired) electrons. The highest BCUT2D eigenvalue weighted by Crippen LogP contribution is 2.24. The highest BCUT2D eigenvalue weighted by molar-refractivity contribution is 7.99. The van der Waals surface area contributed by atoms with Crippen LogP contribution in [0.2, 0.25) is 0 Å². The van der Waals surface area contributed by atoms with Crippen LogP contribution in [0.15, 0.2) is 63.1 Å². The number of hydrogen-bond donors (Lipinski definition) is 1. The molecule has 0 bridgehead atoms. The summed E-state index contributed by atoms with van der Waals surface area (Å²) in [5.41, 5.74) is 0.852. The number of methoxy groups -OCH3 is 1. The number of amides is 2. The van der Waals surface area contributed by atoms with Gasteiger partial charge < -0.3 is 9.15 Å². The molecule has 0 saturated carbocycles. The summed E-state index contributed by atoms with van der Waals surface area (Å²) < 4.78 is 35.8. The molecule has 0 unspecified atom stereocenters. The highest BCUT2D eigenvalue weighted by Gasteiger charge is 2.18. The predicted octanol–water partition coefficient (Wildman–Crippen LogP) is 2.04. The number of aromatic nitrogens is 2. The molecule has 0 aliphatic rings. The molecule has 0 aliphatic heterocycles. The van der Waals surface area contributed by atoms with Crippen molar-refractivity contribution >= 4 is 33.6 Å². The molecule has 0 aliphatic carbocycles. The van der Waals surface area contributed by atoms with Crippen LogP contribution >= 0.6 is 11.8 Å². The van der Waals surface area contributed by atoms with Crippen molar-refractivity contribution in [3.63, 3.8) is 0 Å². The van der Waals surface area contributed by atoms with Crippen molar-refractivity contribution in [1.29, 1.82) is 0 Å². The highest BCUT2D eigenvalue weighted by atomic mass is 32.2. The topological polar surface area (TPSA) is 132 Å². The fraction of sp³-hybridized carbons (Fsp3) is 0.200. The summed E-state index contributed by atoms with van der Waals surface area (Å²) in [6.07, 6.45) is 0. The van der Waals surface area contributed by atoms with E-state index >= 15 is 0 Å². The third-order valence-electron chi connectivity index (χ3n) is 4.22. The van der Waals surface area contributed by atoms with Gasteiger partial charge in [-0.3, -0.25) is 14.9 Å². The molecule has 0 atom stereocenters. The van der Waals surface area contributed by atoms with Crippen molar-refractivity contribution in [2.75, 3.05) is 27.0 Å². The molecule has 3 rings (SSSR count). The van der Waals surface area contributed by atoms with E-state index in [1.807, 2.05) is 0 Å². The summed E-state index contributed by atoms with van der Waals surface area (Å²) >= 11 is 0.984. The van der Waals surface area contributed by atoms with Crippen LogP contribution in [0, 0.1) is 0 Å². The van der Waals surface area contributed by atoms with Gasteiger partial charge in [0.25, 0.3) is 11.1 Å². The lowest BCUT2D eigenvalue weighted by Gasteiger charge is -2.11. The van der Waals surface area contributed by atoms with E-state index < -0.39 is 21.8 Å².